The summed E-state index contributed by atoms with van der Waals surface area (Å²) in [5.41, 5.74) is 3.41. The highest BCUT2D eigenvalue weighted by atomic mass is 16.2. The molecule has 0 aliphatic carbocycles. The zero-order valence-electron chi connectivity index (χ0n) is 16.6. The largest absolute Gasteiger partial charge is 0.348 e. The van der Waals surface area contributed by atoms with Crippen LogP contribution in [0.1, 0.15) is 29.8 Å². The Morgan fingerprint density at radius 1 is 1.11 bits per heavy atom. The zero-order chi connectivity index (χ0) is 19.6. The van der Waals surface area contributed by atoms with E-state index >= 15 is 0 Å². The molecule has 1 aromatic carbocycles. The van der Waals surface area contributed by atoms with Crippen LogP contribution in [0.3, 0.4) is 0 Å². The third kappa shape index (κ3) is 3.70. The number of aromatic nitrogens is 1. The van der Waals surface area contributed by atoms with Crippen molar-refractivity contribution < 1.29 is 9.59 Å². The van der Waals surface area contributed by atoms with Crippen LogP contribution < -0.4 is 0 Å². The van der Waals surface area contributed by atoms with Gasteiger partial charge in [-0.25, -0.2) is 4.79 Å². The van der Waals surface area contributed by atoms with Crippen LogP contribution >= 0.6 is 0 Å². The molecule has 1 aliphatic heterocycles. The standard InChI is InChI=1S/C21H28N4O2/c1-5-23(21(27)22(3)4)15-19(26)25-14-13-24-12-8-11-18(24)20(25)17-10-7-6-9-16(17)2/h6-12,20H,5,13-15H2,1-4H3. The molecule has 3 rings (SSSR count). The molecule has 0 spiro atoms. The molecular formula is C21H28N4O2. The predicted octanol–water partition coefficient (Wildman–Crippen LogP) is 2.73. The van der Waals surface area contributed by atoms with Gasteiger partial charge in [-0.2, -0.15) is 0 Å². The van der Waals surface area contributed by atoms with E-state index in [2.05, 4.69) is 35.9 Å². The van der Waals surface area contributed by atoms with E-state index in [1.807, 2.05) is 30.0 Å². The molecule has 1 unspecified atom stereocenters. The van der Waals surface area contributed by atoms with Crippen molar-refractivity contribution in [1.29, 1.82) is 0 Å². The molecular weight excluding hydrogens is 340 g/mol. The van der Waals surface area contributed by atoms with E-state index < -0.39 is 0 Å². The Bertz CT molecular complexity index is 827. The molecule has 2 heterocycles. The van der Waals surface area contributed by atoms with Crippen LogP contribution in [0.5, 0.6) is 0 Å². The van der Waals surface area contributed by atoms with Gasteiger partial charge in [0.15, 0.2) is 0 Å². The van der Waals surface area contributed by atoms with Gasteiger partial charge in [-0.1, -0.05) is 24.3 Å². The molecule has 0 saturated carbocycles. The lowest BCUT2D eigenvalue weighted by atomic mass is 9.95. The second kappa shape index (κ2) is 7.86. The number of amides is 3. The van der Waals surface area contributed by atoms with Crippen LogP contribution in [0.15, 0.2) is 42.6 Å². The number of likely N-dealkylation sites (N-methyl/N-ethyl adjacent to an activating group) is 1. The maximum absolute atomic E-state index is 13.2. The summed E-state index contributed by atoms with van der Waals surface area (Å²) < 4.78 is 2.21. The van der Waals surface area contributed by atoms with Crippen molar-refractivity contribution in [2.24, 2.45) is 0 Å². The summed E-state index contributed by atoms with van der Waals surface area (Å²) in [6.07, 6.45) is 2.07. The summed E-state index contributed by atoms with van der Waals surface area (Å²) in [4.78, 5) is 30.6. The van der Waals surface area contributed by atoms with Gasteiger partial charge in [0.2, 0.25) is 5.91 Å². The van der Waals surface area contributed by atoms with E-state index in [4.69, 9.17) is 0 Å². The van der Waals surface area contributed by atoms with E-state index in [9.17, 15) is 9.59 Å². The summed E-state index contributed by atoms with van der Waals surface area (Å²) in [6.45, 7) is 5.97. The van der Waals surface area contributed by atoms with Gasteiger partial charge >= 0.3 is 6.03 Å². The van der Waals surface area contributed by atoms with Crippen molar-refractivity contribution >= 4 is 11.9 Å². The maximum atomic E-state index is 13.2. The number of carbonyl (C=O) groups is 2. The lowest BCUT2D eigenvalue weighted by Crippen LogP contribution is -2.49. The Morgan fingerprint density at radius 2 is 1.85 bits per heavy atom. The molecule has 6 nitrogen and oxygen atoms in total. The smallest absolute Gasteiger partial charge is 0.319 e. The Labute approximate surface area is 161 Å². The van der Waals surface area contributed by atoms with Crippen molar-refractivity contribution in [3.8, 4) is 0 Å². The van der Waals surface area contributed by atoms with Crippen LogP contribution in [0.4, 0.5) is 4.79 Å². The first-order valence-electron chi connectivity index (χ1n) is 9.40. The zero-order valence-corrected chi connectivity index (χ0v) is 16.6. The van der Waals surface area contributed by atoms with E-state index in [1.165, 1.54) is 4.90 Å². The van der Waals surface area contributed by atoms with Gasteiger partial charge in [0.05, 0.1) is 6.04 Å². The lowest BCUT2D eigenvalue weighted by Gasteiger charge is -2.39. The highest BCUT2D eigenvalue weighted by Gasteiger charge is 2.33. The normalized spacial score (nSPS) is 16.0. The van der Waals surface area contributed by atoms with Crippen molar-refractivity contribution in [2.45, 2.75) is 26.4 Å². The summed E-state index contributed by atoms with van der Waals surface area (Å²) in [5, 5.41) is 0. The first kappa shape index (κ1) is 19.0. The number of rotatable bonds is 4. The van der Waals surface area contributed by atoms with E-state index in [0.717, 1.165) is 23.4 Å². The maximum Gasteiger partial charge on any atom is 0.319 e. The molecule has 27 heavy (non-hydrogen) atoms. The van der Waals surface area contributed by atoms with Gasteiger partial charge < -0.3 is 19.3 Å². The SMILES string of the molecule is CCN(CC(=O)N1CCn2cccc2C1c1ccccc1C)C(=O)N(C)C. The second-order valence-corrected chi connectivity index (χ2v) is 7.16. The van der Waals surface area contributed by atoms with Crippen LogP contribution in [0, 0.1) is 6.92 Å². The van der Waals surface area contributed by atoms with Crippen molar-refractivity contribution in [3.63, 3.8) is 0 Å². The minimum absolute atomic E-state index is 0.0206. The fourth-order valence-electron chi connectivity index (χ4n) is 3.72. The topological polar surface area (TPSA) is 48.8 Å². The van der Waals surface area contributed by atoms with Gasteiger partial charge in [0, 0.05) is 45.6 Å². The molecule has 0 fully saturated rings. The number of benzene rings is 1. The molecule has 2 aromatic rings. The van der Waals surface area contributed by atoms with Gasteiger partial charge in [-0.15, -0.1) is 0 Å². The number of hydrogen-bond donors (Lipinski definition) is 0. The summed E-state index contributed by atoms with van der Waals surface area (Å²) in [5.74, 6) is -0.0206. The van der Waals surface area contributed by atoms with E-state index in [1.54, 1.807) is 19.0 Å². The fourth-order valence-corrected chi connectivity index (χ4v) is 3.72. The second-order valence-electron chi connectivity index (χ2n) is 7.16. The molecule has 6 heteroatoms. The quantitative estimate of drug-likeness (QED) is 0.833. The first-order valence-corrected chi connectivity index (χ1v) is 9.40. The van der Waals surface area contributed by atoms with Crippen LogP contribution in [-0.2, 0) is 11.3 Å². The van der Waals surface area contributed by atoms with Gasteiger partial charge in [0.1, 0.15) is 6.54 Å². The molecule has 0 N–H and O–H groups in total. The Hall–Kier alpha value is -2.76. The third-order valence-electron chi connectivity index (χ3n) is 5.20. The molecule has 0 radical (unpaired) electrons. The Morgan fingerprint density at radius 3 is 2.52 bits per heavy atom. The number of fused-ring (bicyclic) bond motifs is 1. The molecule has 3 amide bonds. The number of nitrogens with zero attached hydrogens (tertiary/aromatic N) is 4. The van der Waals surface area contributed by atoms with Crippen molar-refractivity contribution in [1.82, 2.24) is 19.3 Å². The van der Waals surface area contributed by atoms with Gasteiger partial charge in [-0.05, 0) is 37.1 Å². The molecule has 1 atom stereocenters. The highest BCUT2D eigenvalue weighted by molar-refractivity contribution is 5.84. The monoisotopic (exact) mass is 368 g/mol. The lowest BCUT2D eigenvalue weighted by molar-refractivity contribution is -0.134. The van der Waals surface area contributed by atoms with Crippen LogP contribution in [0.25, 0.3) is 0 Å². The van der Waals surface area contributed by atoms with Crippen LogP contribution in [-0.4, -0.2) is 64.9 Å². The van der Waals surface area contributed by atoms with Crippen LogP contribution in [0.2, 0.25) is 0 Å². The minimum atomic E-state index is -0.140. The van der Waals surface area contributed by atoms with Gasteiger partial charge in [-0.3, -0.25) is 4.79 Å². The van der Waals surface area contributed by atoms with E-state index in [-0.39, 0.29) is 24.5 Å². The van der Waals surface area contributed by atoms with Crippen molar-refractivity contribution in [2.75, 3.05) is 33.7 Å². The molecule has 0 bridgehead atoms. The molecule has 1 aromatic heterocycles. The summed E-state index contributed by atoms with van der Waals surface area (Å²) in [6, 6.07) is 12.0. The fraction of sp³-hybridized carbons (Fsp3) is 0.429. The highest BCUT2D eigenvalue weighted by Crippen LogP contribution is 2.34. The molecule has 0 saturated heterocycles. The average molecular weight is 368 g/mol. The number of urea groups is 1. The number of carbonyl (C=O) groups excluding carboxylic acids is 2. The van der Waals surface area contributed by atoms with Gasteiger partial charge in [0.25, 0.3) is 0 Å². The Balaban J connectivity index is 1.92. The first-order chi connectivity index (χ1) is 12.9. The third-order valence-corrected chi connectivity index (χ3v) is 5.20. The predicted molar refractivity (Wildman–Crippen MR) is 105 cm³/mol. The summed E-state index contributed by atoms with van der Waals surface area (Å²) >= 11 is 0. The number of aryl methyl sites for hydroxylation is 1. The minimum Gasteiger partial charge on any atom is -0.348 e. The van der Waals surface area contributed by atoms with E-state index in [0.29, 0.717) is 13.1 Å². The molecule has 1 aliphatic rings. The van der Waals surface area contributed by atoms with Crippen molar-refractivity contribution in [3.05, 3.63) is 59.4 Å². The summed E-state index contributed by atoms with van der Waals surface area (Å²) in [7, 11) is 3.42. The molecule has 144 valence electrons. The Kier molecular flexibility index (Phi) is 5.54. The number of hydrogen-bond acceptors (Lipinski definition) is 2. The average Bonchev–Trinajstić information content (AvgIpc) is 3.14.